The summed E-state index contributed by atoms with van der Waals surface area (Å²) >= 11 is 7.61. The highest BCUT2D eigenvalue weighted by molar-refractivity contribution is 7.13. The molecule has 2 N–H and O–H groups in total. The van der Waals surface area contributed by atoms with E-state index in [0.29, 0.717) is 16.9 Å². The van der Waals surface area contributed by atoms with Gasteiger partial charge < -0.3 is 15.4 Å². The molecule has 0 aliphatic heterocycles. The van der Waals surface area contributed by atoms with Gasteiger partial charge in [0.1, 0.15) is 16.5 Å². The van der Waals surface area contributed by atoms with Gasteiger partial charge in [0.05, 0.1) is 17.7 Å². The van der Waals surface area contributed by atoms with Crippen LogP contribution < -0.4 is 15.4 Å². The molecular formula is C21H18ClN3O3S. The number of methoxy groups -OCH3 is 1. The highest BCUT2D eigenvalue weighted by atomic mass is 35.5. The molecule has 1 heterocycles. The van der Waals surface area contributed by atoms with Gasteiger partial charge in [-0.1, -0.05) is 11.6 Å². The zero-order valence-corrected chi connectivity index (χ0v) is 17.1. The first kappa shape index (κ1) is 19.4. The average molecular weight is 428 g/mol. The van der Waals surface area contributed by atoms with Crippen molar-refractivity contribution in [2.45, 2.75) is 18.9 Å². The summed E-state index contributed by atoms with van der Waals surface area (Å²) < 4.78 is 5.15. The number of anilines is 1. The van der Waals surface area contributed by atoms with Crippen LogP contribution in [-0.4, -0.2) is 29.9 Å². The maximum atomic E-state index is 12.5. The zero-order valence-electron chi connectivity index (χ0n) is 15.6. The number of ether oxygens (including phenoxy) is 1. The van der Waals surface area contributed by atoms with Crippen LogP contribution in [0.25, 0.3) is 10.6 Å². The van der Waals surface area contributed by atoms with E-state index in [0.717, 1.165) is 29.2 Å². The molecule has 1 saturated carbocycles. The summed E-state index contributed by atoms with van der Waals surface area (Å²) in [7, 11) is 1.61. The van der Waals surface area contributed by atoms with E-state index in [9.17, 15) is 9.59 Å². The molecule has 0 bridgehead atoms. The van der Waals surface area contributed by atoms with E-state index in [1.807, 2.05) is 24.3 Å². The van der Waals surface area contributed by atoms with Crippen LogP contribution in [0.15, 0.2) is 47.8 Å². The van der Waals surface area contributed by atoms with Crippen molar-refractivity contribution in [2.75, 3.05) is 12.4 Å². The van der Waals surface area contributed by atoms with Crippen LogP contribution in [0.2, 0.25) is 5.02 Å². The Morgan fingerprint density at radius 1 is 1.14 bits per heavy atom. The minimum atomic E-state index is -0.340. The van der Waals surface area contributed by atoms with Gasteiger partial charge in [0.25, 0.3) is 11.8 Å². The lowest BCUT2D eigenvalue weighted by Crippen LogP contribution is -2.25. The largest absolute Gasteiger partial charge is 0.497 e. The topological polar surface area (TPSA) is 80.3 Å². The number of benzene rings is 2. The normalized spacial score (nSPS) is 13.0. The summed E-state index contributed by atoms with van der Waals surface area (Å²) in [5.74, 6) is 0.223. The van der Waals surface area contributed by atoms with E-state index in [2.05, 4.69) is 15.6 Å². The lowest BCUT2D eigenvalue weighted by atomic mass is 10.2. The molecule has 2 aromatic carbocycles. The molecule has 8 heteroatoms. The molecule has 1 aromatic heterocycles. The lowest BCUT2D eigenvalue weighted by Gasteiger charge is -2.08. The second-order valence-corrected chi connectivity index (χ2v) is 7.93. The molecule has 29 heavy (non-hydrogen) atoms. The van der Waals surface area contributed by atoms with Gasteiger partial charge in [-0.05, 0) is 55.3 Å². The molecule has 0 radical (unpaired) electrons. The number of halogens is 1. The minimum absolute atomic E-state index is 0.195. The van der Waals surface area contributed by atoms with Gasteiger partial charge in [-0.3, -0.25) is 9.59 Å². The van der Waals surface area contributed by atoms with Crippen LogP contribution in [0.4, 0.5) is 5.69 Å². The van der Waals surface area contributed by atoms with Gasteiger partial charge in [-0.15, -0.1) is 11.3 Å². The number of hydrogen-bond acceptors (Lipinski definition) is 5. The molecule has 148 valence electrons. The molecule has 3 aromatic rings. The number of carbonyl (C=O) groups is 2. The van der Waals surface area contributed by atoms with Gasteiger partial charge in [0.15, 0.2) is 0 Å². The number of rotatable bonds is 6. The van der Waals surface area contributed by atoms with Crippen molar-refractivity contribution in [3.63, 3.8) is 0 Å². The Morgan fingerprint density at radius 3 is 2.55 bits per heavy atom. The Labute approximate surface area is 176 Å². The fourth-order valence-corrected chi connectivity index (χ4v) is 3.78. The molecule has 6 nitrogen and oxygen atoms in total. The lowest BCUT2D eigenvalue weighted by molar-refractivity contribution is 0.0950. The molecule has 0 saturated heterocycles. The van der Waals surface area contributed by atoms with E-state index < -0.39 is 0 Å². The summed E-state index contributed by atoms with van der Waals surface area (Å²) in [5, 5.41) is 8.40. The predicted octanol–water partition coefficient (Wildman–Crippen LogP) is 4.62. The van der Waals surface area contributed by atoms with Crippen molar-refractivity contribution in [1.29, 1.82) is 0 Å². The third kappa shape index (κ3) is 4.58. The van der Waals surface area contributed by atoms with Crippen molar-refractivity contribution < 1.29 is 14.3 Å². The van der Waals surface area contributed by atoms with Crippen molar-refractivity contribution >= 4 is 40.4 Å². The summed E-state index contributed by atoms with van der Waals surface area (Å²) in [6.45, 7) is 0. The Hall–Kier alpha value is -2.90. The highest BCUT2D eigenvalue weighted by Gasteiger charge is 2.24. The molecule has 4 rings (SSSR count). The molecule has 2 amide bonds. The monoisotopic (exact) mass is 427 g/mol. The first-order valence-corrected chi connectivity index (χ1v) is 10.3. The first-order chi connectivity index (χ1) is 14.0. The third-order valence-electron chi connectivity index (χ3n) is 4.46. The molecule has 1 aliphatic carbocycles. The van der Waals surface area contributed by atoms with Crippen molar-refractivity contribution in [1.82, 2.24) is 10.3 Å². The Morgan fingerprint density at radius 2 is 1.90 bits per heavy atom. The van der Waals surface area contributed by atoms with Gasteiger partial charge in [0.2, 0.25) is 0 Å². The second-order valence-electron chi connectivity index (χ2n) is 6.66. The van der Waals surface area contributed by atoms with E-state index in [1.54, 1.807) is 30.7 Å². The zero-order chi connectivity index (χ0) is 20.4. The summed E-state index contributed by atoms with van der Waals surface area (Å²) in [6.07, 6.45) is 2.01. The van der Waals surface area contributed by atoms with Crippen LogP contribution >= 0.6 is 22.9 Å². The van der Waals surface area contributed by atoms with Gasteiger partial charge in [0, 0.05) is 22.7 Å². The van der Waals surface area contributed by atoms with E-state index in [4.69, 9.17) is 16.3 Å². The number of aromatic nitrogens is 1. The summed E-state index contributed by atoms with van der Waals surface area (Å²) in [4.78, 5) is 29.1. The number of carbonyl (C=O) groups excluding carboxylic acids is 2. The Bertz CT molecular complexity index is 1060. The quantitative estimate of drug-likeness (QED) is 0.601. The maximum Gasteiger partial charge on any atom is 0.275 e. The van der Waals surface area contributed by atoms with Crippen LogP contribution in [0.1, 0.15) is 33.7 Å². The molecule has 0 spiro atoms. The molecular weight excluding hydrogens is 410 g/mol. The van der Waals surface area contributed by atoms with Crippen molar-refractivity contribution in [3.8, 4) is 16.3 Å². The number of thiazole rings is 1. The Balaban J connectivity index is 1.44. The molecule has 1 fully saturated rings. The minimum Gasteiger partial charge on any atom is -0.497 e. The molecule has 0 atom stereocenters. The summed E-state index contributed by atoms with van der Waals surface area (Å²) in [6, 6.07) is 12.6. The van der Waals surface area contributed by atoms with Crippen LogP contribution in [0.5, 0.6) is 5.75 Å². The van der Waals surface area contributed by atoms with Gasteiger partial charge in [-0.25, -0.2) is 4.98 Å². The van der Waals surface area contributed by atoms with Gasteiger partial charge in [-0.2, -0.15) is 0 Å². The van der Waals surface area contributed by atoms with Gasteiger partial charge >= 0.3 is 0 Å². The number of nitrogens with zero attached hydrogens (tertiary/aromatic N) is 1. The highest BCUT2D eigenvalue weighted by Crippen LogP contribution is 2.27. The SMILES string of the molecule is COc1ccc(-c2nc(C(=O)Nc3ccc(C(=O)NC4CC4)c(Cl)c3)cs2)cc1. The third-order valence-corrected chi connectivity index (χ3v) is 5.66. The van der Waals surface area contributed by atoms with Crippen LogP contribution in [-0.2, 0) is 0 Å². The number of nitrogens with one attached hydrogen (secondary N) is 2. The molecule has 0 unspecified atom stereocenters. The van der Waals surface area contributed by atoms with E-state index in [-0.39, 0.29) is 22.9 Å². The Kier molecular flexibility index (Phi) is 5.51. The predicted molar refractivity (Wildman–Crippen MR) is 114 cm³/mol. The van der Waals surface area contributed by atoms with Crippen molar-refractivity contribution in [2.24, 2.45) is 0 Å². The van der Waals surface area contributed by atoms with Crippen molar-refractivity contribution in [3.05, 3.63) is 64.1 Å². The first-order valence-electron chi connectivity index (χ1n) is 9.05. The van der Waals surface area contributed by atoms with E-state index in [1.165, 1.54) is 11.3 Å². The fraction of sp³-hybridized carbons (Fsp3) is 0.190. The molecule has 1 aliphatic rings. The van der Waals surface area contributed by atoms with E-state index >= 15 is 0 Å². The smallest absolute Gasteiger partial charge is 0.275 e. The summed E-state index contributed by atoms with van der Waals surface area (Å²) in [5.41, 5.74) is 2.12. The average Bonchev–Trinajstić information content (AvgIpc) is 3.39. The van der Waals surface area contributed by atoms with Crippen LogP contribution in [0.3, 0.4) is 0 Å². The van der Waals surface area contributed by atoms with Crippen LogP contribution in [0, 0.1) is 0 Å². The second kappa shape index (κ2) is 8.23. The standard InChI is InChI=1S/C21H18ClN3O3S/c1-28-15-7-2-12(3-8-15)21-25-18(11-29-21)20(27)24-14-6-9-16(17(22)10-14)19(26)23-13-4-5-13/h2-3,6-11,13H,4-5H2,1H3,(H,23,26)(H,24,27). The number of amides is 2. The fourth-order valence-electron chi connectivity index (χ4n) is 2.71. The number of hydrogen-bond donors (Lipinski definition) is 2. The maximum absolute atomic E-state index is 12.5.